The normalized spacial score (nSPS) is 11.6. The maximum atomic E-state index is 5.55. The van der Waals surface area contributed by atoms with Gasteiger partial charge < -0.3 is 10.3 Å². The predicted molar refractivity (Wildman–Crippen MR) is 80.0 cm³/mol. The Morgan fingerprint density at radius 1 is 1.42 bits per heavy atom. The number of nitrogens with two attached hydrogens (primary N) is 1. The summed E-state index contributed by atoms with van der Waals surface area (Å²) in [4.78, 5) is 8.29. The Hall–Kier alpha value is -1.17. The molecule has 2 heterocycles. The zero-order valence-corrected chi connectivity index (χ0v) is 12.4. The van der Waals surface area contributed by atoms with Gasteiger partial charge in [-0.05, 0) is 25.3 Å². The zero-order valence-electron chi connectivity index (χ0n) is 11.6. The molecule has 0 fully saturated rings. The van der Waals surface area contributed by atoms with Crippen LogP contribution in [0, 0.1) is 0 Å². The van der Waals surface area contributed by atoms with Gasteiger partial charge in [-0.25, -0.2) is 4.98 Å². The van der Waals surface area contributed by atoms with Crippen molar-refractivity contribution in [2.75, 3.05) is 6.54 Å². The van der Waals surface area contributed by atoms with Crippen LogP contribution in [0.3, 0.4) is 0 Å². The average molecular weight is 278 g/mol. The number of nitrogens with zero attached hydrogens (tertiary/aromatic N) is 3. The van der Waals surface area contributed by atoms with Crippen LogP contribution in [0.5, 0.6) is 0 Å². The molecule has 5 heteroatoms. The van der Waals surface area contributed by atoms with Crippen LogP contribution >= 0.6 is 11.3 Å². The van der Waals surface area contributed by atoms with Gasteiger partial charge in [0, 0.05) is 43.3 Å². The molecule has 2 N–H and O–H groups in total. The number of rotatable bonds is 7. The van der Waals surface area contributed by atoms with Gasteiger partial charge in [-0.1, -0.05) is 6.07 Å². The lowest BCUT2D eigenvalue weighted by atomic mass is 10.2. The standard InChI is InChI=1S/C14H22N4S/c1-12(2)18(10-14-4-3-7-19-14)9-13-8-17(6-5-15)11-16-13/h3-4,7-8,11-12H,5-6,9-10,15H2,1-2H3. The van der Waals surface area contributed by atoms with Gasteiger partial charge in [0.2, 0.25) is 0 Å². The van der Waals surface area contributed by atoms with E-state index >= 15 is 0 Å². The van der Waals surface area contributed by atoms with Gasteiger partial charge in [0.05, 0.1) is 12.0 Å². The molecule has 0 unspecified atom stereocenters. The summed E-state index contributed by atoms with van der Waals surface area (Å²) < 4.78 is 2.05. The molecule has 0 aliphatic carbocycles. The number of thiophene rings is 1. The minimum Gasteiger partial charge on any atom is -0.336 e. The fourth-order valence-electron chi connectivity index (χ4n) is 1.99. The lowest BCUT2D eigenvalue weighted by molar-refractivity contribution is 0.203. The summed E-state index contributed by atoms with van der Waals surface area (Å²) in [6, 6.07) is 4.79. The first kappa shape index (κ1) is 14.2. The molecule has 0 aliphatic heterocycles. The van der Waals surface area contributed by atoms with Gasteiger partial charge in [0.15, 0.2) is 0 Å². The van der Waals surface area contributed by atoms with Crippen molar-refractivity contribution < 1.29 is 0 Å². The number of hydrogen-bond donors (Lipinski definition) is 1. The molecule has 0 amide bonds. The predicted octanol–water partition coefficient (Wildman–Crippen LogP) is 2.31. The van der Waals surface area contributed by atoms with Crippen LogP contribution in [0.15, 0.2) is 30.0 Å². The van der Waals surface area contributed by atoms with Gasteiger partial charge in [-0.15, -0.1) is 11.3 Å². The Kier molecular flexibility index (Phi) is 5.13. The average Bonchev–Trinajstić information content (AvgIpc) is 3.01. The molecular weight excluding hydrogens is 256 g/mol. The van der Waals surface area contributed by atoms with Crippen LogP contribution in [0.1, 0.15) is 24.4 Å². The van der Waals surface area contributed by atoms with Crippen LogP contribution < -0.4 is 5.73 Å². The second kappa shape index (κ2) is 6.84. The first-order chi connectivity index (χ1) is 9.19. The van der Waals surface area contributed by atoms with Crippen molar-refractivity contribution in [3.05, 3.63) is 40.6 Å². The third-order valence-corrected chi connectivity index (χ3v) is 3.97. The van der Waals surface area contributed by atoms with Crippen LogP contribution in [-0.2, 0) is 19.6 Å². The van der Waals surface area contributed by atoms with Crippen molar-refractivity contribution in [2.45, 2.75) is 39.5 Å². The van der Waals surface area contributed by atoms with E-state index < -0.39 is 0 Å². The van der Waals surface area contributed by atoms with Crippen LogP contribution in [0.2, 0.25) is 0 Å². The quantitative estimate of drug-likeness (QED) is 0.845. The largest absolute Gasteiger partial charge is 0.336 e. The summed E-state index contributed by atoms with van der Waals surface area (Å²) in [7, 11) is 0. The Bertz CT molecular complexity index is 475. The van der Waals surface area contributed by atoms with E-state index in [2.05, 4.69) is 52.0 Å². The molecule has 2 aromatic rings. The van der Waals surface area contributed by atoms with E-state index in [1.165, 1.54) is 4.88 Å². The molecule has 4 nitrogen and oxygen atoms in total. The van der Waals surface area contributed by atoms with Gasteiger partial charge in [0.1, 0.15) is 0 Å². The number of imidazole rings is 1. The van der Waals surface area contributed by atoms with Gasteiger partial charge >= 0.3 is 0 Å². The Balaban J connectivity index is 1.99. The summed E-state index contributed by atoms with van der Waals surface area (Å²) in [5, 5.41) is 2.13. The highest BCUT2D eigenvalue weighted by Crippen LogP contribution is 2.16. The topological polar surface area (TPSA) is 47.1 Å². The van der Waals surface area contributed by atoms with Crippen molar-refractivity contribution >= 4 is 11.3 Å². The highest BCUT2D eigenvalue weighted by Gasteiger charge is 2.13. The van der Waals surface area contributed by atoms with E-state index in [1.807, 2.05) is 17.7 Å². The molecule has 0 bridgehead atoms. The second-order valence-electron chi connectivity index (χ2n) is 4.97. The Labute approximate surface area is 118 Å². The van der Waals surface area contributed by atoms with Gasteiger partial charge in [-0.2, -0.15) is 0 Å². The molecule has 0 spiro atoms. The molecule has 0 saturated heterocycles. The monoisotopic (exact) mass is 278 g/mol. The minimum absolute atomic E-state index is 0.502. The SMILES string of the molecule is CC(C)N(Cc1cn(CCN)cn1)Cc1cccs1. The van der Waals surface area contributed by atoms with E-state index in [0.29, 0.717) is 12.6 Å². The fraction of sp³-hybridized carbons (Fsp3) is 0.500. The maximum Gasteiger partial charge on any atom is 0.0950 e. The molecular formula is C14H22N4S. The summed E-state index contributed by atoms with van der Waals surface area (Å²) in [5.41, 5.74) is 6.66. The van der Waals surface area contributed by atoms with E-state index in [-0.39, 0.29) is 0 Å². The number of aromatic nitrogens is 2. The lowest BCUT2D eigenvalue weighted by Crippen LogP contribution is -2.29. The molecule has 0 radical (unpaired) electrons. The molecule has 2 aromatic heterocycles. The molecule has 0 saturated carbocycles. The Morgan fingerprint density at radius 2 is 2.26 bits per heavy atom. The molecule has 2 rings (SSSR count). The molecule has 19 heavy (non-hydrogen) atoms. The summed E-state index contributed by atoms with van der Waals surface area (Å²) in [6.07, 6.45) is 3.96. The Morgan fingerprint density at radius 3 is 2.89 bits per heavy atom. The fourth-order valence-corrected chi connectivity index (χ4v) is 2.72. The minimum atomic E-state index is 0.502. The highest BCUT2D eigenvalue weighted by molar-refractivity contribution is 7.09. The highest BCUT2D eigenvalue weighted by atomic mass is 32.1. The first-order valence-electron chi connectivity index (χ1n) is 6.66. The second-order valence-corrected chi connectivity index (χ2v) is 6.00. The van der Waals surface area contributed by atoms with E-state index in [1.54, 1.807) is 0 Å². The summed E-state index contributed by atoms with van der Waals surface area (Å²) in [6.45, 7) is 7.81. The van der Waals surface area contributed by atoms with Gasteiger partial charge in [0.25, 0.3) is 0 Å². The summed E-state index contributed by atoms with van der Waals surface area (Å²) >= 11 is 1.81. The summed E-state index contributed by atoms with van der Waals surface area (Å²) in [5.74, 6) is 0. The van der Waals surface area contributed by atoms with Crippen molar-refractivity contribution in [1.82, 2.24) is 14.5 Å². The van der Waals surface area contributed by atoms with Crippen molar-refractivity contribution in [2.24, 2.45) is 5.73 Å². The van der Waals surface area contributed by atoms with Crippen LogP contribution in [0.4, 0.5) is 0 Å². The zero-order chi connectivity index (χ0) is 13.7. The molecule has 0 atom stereocenters. The molecule has 0 aliphatic rings. The van der Waals surface area contributed by atoms with Crippen LogP contribution in [0.25, 0.3) is 0 Å². The van der Waals surface area contributed by atoms with Crippen molar-refractivity contribution in [1.29, 1.82) is 0 Å². The number of hydrogen-bond acceptors (Lipinski definition) is 4. The molecule has 0 aromatic carbocycles. The van der Waals surface area contributed by atoms with Crippen molar-refractivity contribution in [3.8, 4) is 0 Å². The molecule has 104 valence electrons. The van der Waals surface area contributed by atoms with E-state index in [4.69, 9.17) is 5.73 Å². The van der Waals surface area contributed by atoms with Crippen molar-refractivity contribution in [3.63, 3.8) is 0 Å². The third-order valence-electron chi connectivity index (χ3n) is 3.11. The van der Waals surface area contributed by atoms with Crippen LogP contribution in [-0.4, -0.2) is 27.0 Å². The van der Waals surface area contributed by atoms with E-state index in [0.717, 1.165) is 25.3 Å². The smallest absolute Gasteiger partial charge is 0.0950 e. The lowest BCUT2D eigenvalue weighted by Gasteiger charge is -2.24. The first-order valence-corrected chi connectivity index (χ1v) is 7.54. The third kappa shape index (κ3) is 4.16. The maximum absolute atomic E-state index is 5.55. The van der Waals surface area contributed by atoms with E-state index in [9.17, 15) is 0 Å². The van der Waals surface area contributed by atoms with Gasteiger partial charge in [-0.3, -0.25) is 4.90 Å².